The summed E-state index contributed by atoms with van der Waals surface area (Å²) in [6, 6.07) is 10.9. The van der Waals surface area contributed by atoms with Gasteiger partial charge in [0, 0.05) is 26.7 Å². The summed E-state index contributed by atoms with van der Waals surface area (Å²) in [5.74, 6) is 2.26. The minimum absolute atomic E-state index is 0. The minimum atomic E-state index is 0. The fourth-order valence-corrected chi connectivity index (χ4v) is 3.42. The number of rotatable bonds is 8. The fourth-order valence-electron chi connectivity index (χ4n) is 3.42. The van der Waals surface area contributed by atoms with Gasteiger partial charge in [0.2, 0.25) is 0 Å². The minimum Gasteiger partial charge on any atom is -0.382 e. The number of nitrogens with one attached hydrogen (secondary N) is 1. The topological polar surface area (TPSA) is 46.1 Å². The Labute approximate surface area is 175 Å². The van der Waals surface area contributed by atoms with Gasteiger partial charge in [-0.05, 0) is 30.7 Å². The number of aliphatic imine (C=N–C) groups is 1. The van der Waals surface area contributed by atoms with Gasteiger partial charge >= 0.3 is 0 Å². The largest absolute Gasteiger partial charge is 0.382 e. The normalized spacial score (nSPS) is 20.6. The zero-order chi connectivity index (χ0) is 17.9. The van der Waals surface area contributed by atoms with E-state index in [1.165, 1.54) is 12.0 Å². The number of benzene rings is 1. The molecule has 0 radical (unpaired) electrons. The highest BCUT2D eigenvalue weighted by molar-refractivity contribution is 14.0. The summed E-state index contributed by atoms with van der Waals surface area (Å²) >= 11 is 0. The molecule has 26 heavy (non-hydrogen) atoms. The van der Waals surface area contributed by atoms with Crippen LogP contribution in [0.2, 0.25) is 0 Å². The number of piperidine rings is 1. The van der Waals surface area contributed by atoms with Crippen LogP contribution in [0.5, 0.6) is 0 Å². The van der Waals surface area contributed by atoms with Gasteiger partial charge in [-0.15, -0.1) is 24.0 Å². The van der Waals surface area contributed by atoms with Crippen molar-refractivity contribution in [3.63, 3.8) is 0 Å². The van der Waals surface area contributed by atoms with Crippen LogP contribution in [0.4, 0.5) is 0 Å². The van der Waals surface area contributed by atoms with Gasteiger partial charge in [-0.2, -0.15) is 0 Å². The van der Waals surface area contributed by atoms with Gasteiger partial charge in [-0.3, -0.25) is 4.99 Å². The van der Waals surface area contributed by atoms with Gasteiger partial charge in [0.1, 0.15) is 0 Å². The molecule has 2 rings (SSSR count). The number of likely N-dealkylation sites (tertiary alicyclic amines) is 1. The predicted molar refractivity (Wildman–Crippen MR) is 119 cm³/mol. The molecule has 148 valence electrons. The van der Waals surface area contributed by atoms with Crippen molar-refractivity contribution in [1.29, 1.82) is 0 Å². The molecule has 5 nitrogen and oxygen atoms in total. The van der Waals surface area contributed by atoms with Gasteiger partial charge in [-0.1, -0.05) is 37.3 Å². The van der Waals surface area contributed by atoms with E-state index in [0.29, 0.717) is 38.2 Å². The second-order valence-electron chi connectivity index (χ2n) is 6.57. The highest BCUT2D eigenvalue weighted by atomic mass is 127. The molecule has 6 heteroatoms. The quantitative estimate of drug-likeness (QED) is 0.271. The molecule has 1 fully saturated rings. The predicted octanol–water partition coefficient (Wildman–Crippen LogP) is 3.36. The first-order valence-corrected chi connectivity index (χ1v) is 9.41. The Hall–Kier alpha value is -0.860. The lowest BCUT2D eigenvalue weighted by Crippen LogP contribution is -2.48. The molecule has 0 saturated carbocycles. The average molecular weight is 475 g/mol. The van der Waals surface area contributed by atoms with E-state index in [2.05, 4.69) is 54.4 Å². The maximum absolute atomic E-state index is 5.51. The third-order valence-electron chi connectivity index (χ3n) is 4.70. The second-order valence-corrected chi connectivity index (χ2v) is 6.57. The van der Waals surface area contributed by atoms with Crippen molar-refractivity contribution in [2.45, 2.75) is 26.2 Å². The fraction of sp³-hybridized carbons (Fsp3) is 0.650. The highest BCUT2D eigenvalue weighted by Crippen LogP contribution is 2.32. The van der Waals surface area contributed by atoms with Crippen LogP contribution in [-0.4, -0.2) is 64.0 Å². The van der Waals surface area contributed by atoms with Crippen molar-refractivity contribution in [2.75, 3.05) is 53.1 Å². The van der Waals surface area contributed by atoms with Crippen molar-refractivity contribution in [1.82, 2.24) is 10.2 Å². The van der Waals surface area contributed by atoms with Crippen molar-refractivity contribution in [3.8, 4) is 0 Å². The van der Waals surface area contributed by atoms with Gasteiger partial charge in [0.05, 0.1) is 26.4 Å². The molecule has 0 spiro atoms. The summed E-state index contributed by atoms with van der Waals surface area (Å²) in [6.07, 6.45) is 1.17. The Morgan fingerprint density at radius 1 is 1.23 bits per heavy atom. The van der Waals surface area contributed by atoms with Crippen LogP contribution in [0.25, 0.3) is 0 Å². The summed E-state index contributed by atoms with van der Waals surface area (Å²) in [5.41, 5.74) is 1.46. The van der Waals surface area contributed by atoms with Crippen LogP contribution >= 0.6 is 24.0 Å². The van der Waals surface area contributed by atoms with Crippen LogP contribution in [0, 0.1) is 5.92 Å². The Bertz CT molecular complexity index is 513. The van der Waals surface area contributed by atoms with Crippen molar-refractivity contribution < 1.29 is 9.47 Å². The summed E-state index contributed by atoms with van der Waals surface area (Å²) in [5, 5.41) is 3.43. The standard InChI is InChI=1S/C20H33N3O2.HI/c1-4-21-20(22-11-13-25-15-14-24-3)23-12-10-19(17(2)16-23)18-8-6-5-7-9-18;/h5-9,17,19H,4,10-16H2,1-3H3,(H,21,22);1H. The lowest BCUT2D eigenvalue weighted by Gasteiger charge is -2.39. The molecule has 2 atom stereocenters. The smallest absolute Gasteiger partial charge is 0.194 e. The van der Waals surface area contributed by atoms with E-state index in [-0.39, 0.29) is 24.0 Å². The van der Waals surface area contributed by atoms with Gasteiger partial charge in [0.25, 0.3) is 0 Å². The molecule has 0 amide bonds. The van der Waals surface area contributed by atoms with E-state index in [9.17, 15) is 0 Å². The SMILES string of the molecule is CCNC(=NCCOCCOC)N1CCC(c2ccccc2)C(C)C1.I. The van der Waals surface area contributed by atoms with E-state index in [1.54, 1.807) is 7.11 Å². The average Bonchev–Trinajstić information content (AvgIpc) is 2.64. The van der Waals surface area contributed by atoms with E-state index in [0.717, 1.165) is 25.6 Å². The molecule has 1 saturated heterocycles. The zero-order valence-electron chi connectivity index (χ0n) is 16.3. The lowest BCUT2D eigenvalue weighted by atomic mass is 9.82. The number of guanidine groups is 1. The van der Waals surface area contributed by atoms with Gasteiger partial charge < -0.3 is 19.7 Å². The van der Waals surface area contributed by atoms with Crippen LogP contribution in [0.3, 0.4) is 0 Å². The van der Waals surface area contributed by atoms with Crippen LogP contribution < -0.4 is 5.32 Å². The molecule has 1 aromatic rings. The molecular formula is C20H34IN3O2. The van der Waals surface area contributed by atoms with Gasteiger partial charge in [0.15, 0.2) is 5.96 Å². The molecular weight excluding hydrogens is 441 g/mol. The zero-order valence-corrected chi connectivity index (χ0v) is 18.6. The van der Waals surface area contributed by atoms with Crippen molar-refractivity contribution >= 4 is 29.9 Å². The molecule has 1 aliphatic heterocycles. The second kappa shape index (κ2) is 13.3. The molecule has 0 bridgehead atoms. The molecule has 2 unspecified atom stereocenters. The Kier molecular flexibility index (Phi) is 11.9. The lowest BCUT2D eigenvalue weighted by molar-refractivity contribution is 0.0747. The summed E-state index contributed by atoms with van der Waals surface area (Å²) in [6.45, 7) is 10.0. The summed E-state index contributed by atoms with van der Waals surface area (Å²) in [7, 11) is 1.69. The molecule has 1 aliphatic rings. The first-order chi connectivity index (χ1) is 12.3. The Morgan fingerprint density at radius 2 is 2.00 bits per heavy atom. The maximum atomic E-state index is 5.51. The number of nitrogens with zero attached hydrogens (tertiary/aromatic N) is 2. The third-order valence-corrected chi connectivity index (χ3v) is 4.70. The Morgan fingerprint density at radius 3 is 2.65 bits per heavy atom. The monoisotopic (exact) mass is 475 g/mol. The van der Waals surface area contributed by atoms with E-state index in [1.807, 2.05) is 0 Å². The maximum Gasteiger partial charge on any atom is 0.194 e. The number of methoxy groups -OCH3 is 1. The van der Waals surface area contributed by atoms with Crippen molar-refractivity contribution in [2.24, 2.45) is 10.9 Å². The van der Waals surface area contributed by atoms with Crippen LogP contribution in [0.1, 0.15) is 31.7 Å². The van der Waals surface area contributed by atoms with Crippen LogP contribution in [0.15, 0.2) is 35.3 Å². The number of hydrogen-bond donors (Lipinski definition) is 1. The molecule has 1 aromatic carbocycles. The number of halogens is 1. The number of hydrogen-bond acceptors (Lipinski definition) is 3. The molecule has 1 heterocycles. The first-order valence-electron chi connectivity index (χ1n) is 9.41. The van der Waals surface area contributed by atoms with E-state index >= 15 is 0 Å². The van der Waals surface area contributed by atoms with E-state index < -0.39 is 0 Å². The molecule has 0 aliphatic carbocycles. The number of ether oxygens (including phenoxy) is 2. The summed E-state index contributed by atoms with van der Waals surface area (Å²) < 4.78 is 10.5. The summed E-state index contributed by atoms with van der Waals surface area (Å²) in [4.78, 5) is 7.12. The Balaban J connectivity index is 0.00000338. The van der Waals surface area contributed by atoms with Gasteiger partial charge in [-0.25, -0.2) is 0 Å². The van der Waals surface area contributed by atoms with E-state index in [4.69, 9.17) is 14.5 Å². The molecule has 1 N–H and O–H groups in total. The third kappa shape index (κ3) is 7.40. The van der Waals surface area contributed by atoms with Crippen molar-refractivity contribution in [3.05, 3.63) is 35.9 Å². The molecule has 0 aromatic heterocycles. The first kappa shape index (κ1) is 23.2. The highest BCUT2D eigenvalue weighted by Gasteiger charge is 2.28. The van der Waals surface area contributed by atoms with Crippen LogP contribution in [-0.2, 0) is 9.47 Å².